The molecule has 0 aromatic heterocycles. The van der Waals surface area contributed by atoms with E-state index in [-0.39, 0.29) is 18.1 Å². The van der Waals surface area contributed by atoms with Gasteiger partial charge in [-0.1, -0.05) is 0 Å². The lowest BCUT2D eigenvalue weighted by atomic mass is 10.1. The monoisotopic (exact) mass is 454 g/mol. The molecule has 0 bridgehead atoms. The predicted molar refractivity (Wildman–Crippen MR) is 85.1 cm³/mol. The first kappa shape index (κ1) is 20.8. The molecule has 0 amide bonds. The largest absolute Gasteiger partial charge is 0.341 e. The highest BCUT2D eigenvalue weighted by atomic mass is 35.8. The summed E-state index contributed by atoms with van der Waals surface area (Å²) in [5.41, 5.74) is -0.944. The average Bonchev–Trinajstić information content (AvgIpc) is 2.40. The van der Waals surface area contributed by atoms with E-state index in [1.807, 2.05) is 0 Å². The molecule has 0 aliphatic heterocycles. The summed E-state index contributed by atoms with van der Waals surface area (Å²) in [5.74, 6) is -9.98. The Bertz CT molecular complexity index is 535. The first-order chi connectivity index (χ1) is 9.86. The van der Waals surface area contributed by atoms with Gasteiger partial charge in [-0.25, -0.2) is 22.0 Å². The zero-order valence-electron chi connectivity index (χ0n) is 10.6. The minimum absolute atomic E-state index is 0.135. The second kappa shape index (κ2) is 7.76. The summed E-state index contributed by atoms with van der Waals surface area (Å²) in [6, 6.07) is -2.80. The molecule has 0 saturated heterocycles. The molecule has 126 valence electrons. The summed E-state index contributed by atoms with van der Waals surface area (Å²) in [6.07, 6.45) is -0.494. The van der Waals surface area contributed by atoms with Crippen LogP contribution in [0.4, 0.5) is 22.0 Å². The molecule has 1 rings (SSSR count). The van der Waals surface area contributed by atoms with Gasteiger partial charge in [-0.3, -0.25) is 0 Å². The first-order valence-electron chi connectivity index (χ1n) is 5.80. The summed E-state index contributed by atoms with van der Waals surface area (Å²) < 4.78 is 66.1. The van der Waals surface area contributed by atoms with Crippen LogP contribution in [0.3, 0.4) is 0 Å². The molecule has 0 atom stereocenters. The van der Waals surface area contributed by atoms with Crippen molar-refractivity contribution in [3.63, 3.8) is 0 Å². The number of hydrogen-bond donors (Lipinski definition) is 0. The van der Waals surface area contributed by atoms with E-state index in [4.69, 9.17) is 55.4 Å². The SMILES string of the molecule is Fc1c(F)c(F)c(CC[Si](Cl)(Cl)CC[Si](Cl)(Cl)Cl)c(F)c1F. The molecule has 0 aliphatic carbocycles. The standard InChI is InChI=1S/C10H8Cl5F5Si2/c11-21(12,3-4-22(13,14)15)2-1-5-6(16)8(18)10(20)9(19)7(5)17/h1-4H2. The zero-order valence-corrected chi connectivity index (χ0v) is 16.4. The van der Waals surface area contributed by atoms with Gasteiger partial charge in [0.1, 0.15) is 0 Å². The van der Waals surface area contributed by atoms with Crippen LogP contribution >= 0.6 is 55.4 Å². The number of rotatable bonds is 6. The average molecular weight is 457 g/mol. The summed E-state index contributed by atoms with van der Waals surface area (Å²) >= 11 is 29.1. The van der Waals surface area contributed by atoms with Gasteiger partial charge in [0.15, 0.2) is 23.3 Å². The van der Waals surface area contributed by atoms with Crippen LogP contribution in [0.25, 0.3) is 0 Å². The van der Waals surface area contributed by atoms with Crippen molar-refractivity contribution in [3.05, 3.63) is 34.6 Å². The van der Waals surface area contributed by atoms with Gasteiger partial charge in [-0.2, -0.15) is 0 Å². The predicted octanol–water partition coefficient (Wildman–Crippen LogP) is 6.50. The van der Waals surface area contributed by atoms with Crippen molar-refractivity contribution in [2.75, 3.05) is 0 Å². The molecule has 12 heteroatoms. The Hall–Kier alpha value is 0.754. The lowest BCUT2D eigenvalue weighted by molar-refractivity contribution is 0.370. The minimum Gasteiger partial charge on any atom is -0.203 e. The topological polar surface area (TPSA) is 0 Å². The molecule has 0 N–H and O–H groups in total. The number of benzene rings is 1. The molecular formula is C10H8Cl5F5Si2. The van der Waals surface area contributed by atoms with E-state index in [1.165, 1.54) is 0 Å². The number of hydrogen-bond acceptors (Lipinski definition) is 0. The lowest BCUT2D eigenvalue weighted by Gasteiger charge is -2.19. The van der Waals surface area contributed by atoms with Crippen molar-refractivity contribution in [2.24, 2.45) is 0 Å². The maximum atomic E-state index is 13.5. The third kappa shape index (κ3) is 5.68. The molecular weight excluding hydrogens is 449 g/mol. The van der Waals surface area contributed by atoms with E-state index < -0.39 is 53.8 Å². The summed E-state index contributed by atoms with van der Waals surface area (Å²) in [6.45, 7) is -3.04. The summed E-state index contributed by atoms with van der Waals surface area (Å²) in [7, 11) is 0. The van der Waals surface area contributed by atoms with Gasteiger partial charge in [-0.15, -0.1) is 55.4 Å². The van der Waals surface area contributed by atoms with Crippen molar-refractivity contribution in [1.82, 2.24) is 0 Å². The highest BCUT2D eigenvalue weighted by Crippen LogP contribution is 2.36. The van der Waals surface area contributed by atoms with Crippen LogP contribution in [0.1, 0.15) is 5.56 Å². The summed E-state index contributed by atoms with van der Waals surface area (Å²) in [4.78, 5) is 0. The smallest absolute Gasteiger partial charge is 0.203 e. The second-order valence-corrected chi connectivity index (χ2v) is 21.4. The quantitative estimate of drug-likeness (QED) is 0.151. The Morgan fingerprint density at radius 3 is 1.41 bits per heavy atom. The molecule has 1 aromatic carbocycles. The Balaban J connectivity index is 2.89. The highest BCUT2D eigenvalue weighted by molar-refractivity contribution is 7.65. The van der Waals surface area contributed by atoms with Crippen molar-refractivity contribution < 1.29 is 22.0 Å². The van der Waals surface area contributed by atoms with Crippen LogP contribution in [0.2, 0.25) is 18.1 Å². The van der Waals surface area contributed by atoms with Crippen molar-refractivity contribution >= 4 is 68.1 Å². The number of halogens is 10. The fourth-order valence-electron chi connectivity index (χ4n) is 1.63. The van der Waals surface area contributed by atoms with Gasteiger partial charge >= 0.3 is 6.00 Å². The van der Waals surface area contributed by atoms with Crippen LogP contribution < -0.4 is 0 Å². The first-order valence-corrected chi connectivity index (χ1v) is 15.5. The molecule has 0 heterocycles. The van der Waals surface area contributed by atoms with Crippen LogP contribution in [-0.2, 0) is 6.42 Å². The fraction of sp³-hybridized carbons (Fsp3) is 0.400. The van der Waals surface area contributed by atoms with E-state index in [1.54, 1.807) is 0 Å². The van der Waals surface area contributed by atoms with Crippen LogP contribution in [-0.4, -0.2) is 12.7 Å². The van der Waals surface area contributed by atoms with Gasteiger partial charge in [-0.05, 0) is 24.6 Å². The minimum atomic E-state index is -3.04. The third-order valence-electron chi connectivity index (χ3n) is 2.82. The Kier molecular flexibility index (Phi) is 7.33. The second-order valence-electron chi connectivity index (χ2n) is 4.52. The molecule has 1 aromatic rings. The van der Waals surface area contributed by atoms with Gasteiger partial charge in [0.05, 0.1) is 0 Å². The van der Waals surface area contributed by atoms with Gasteiger partial charge in [0.25, 0.3) is 6.69 Å². The van der Waals surface area contributed by atoms with Crippen molar-refractivity contribution in [1.29, 1.82) is 0 Å². The molecule has 0 radical (unpaired) electrons. The fourth-order valence-corrected chi connectivity index (χ4v) is 9.91. The highest BCUT2D eigenvalue weighted by Gasteiger charge is 2.35. The van der Waals surface area contributed by atoms with E-state index in [0.29, 0.717) is 0 Å². The van der Waals surface area contributed by atoms with Crippen LogP contribution in [0.5, 0.6) is 0 Å². The molecule has 0 saturated carbocycles. The van der Waals surface area contributed by atoms with Crippen LogP contribution in [0.15, 0.2) is 0 Å². The van der Waals surface area contributed by atoms with E-state index in [2.05, 4.69) is 0 Å². The zero-order chi connectivity index (χ0) is 17.3. The van der Waals surface area contributed by atoms with Crippen molar-refractivity contribution in [2.45, 2.75) is 24.6 Å². The third-order valence-corrected chi connectivity index (χ3v) is 10.1. The van der Waals surface area contributed by atoms with E-state index in [0.717, 1.165) is 0 Å². The summed E-state index contributed by atoms with van der Waals surface area (Å²) in [5, 5.41) is 0. The molecule has 0 fully saturated rings. The molecule has 22 heavy (non-hydrogen) atoms. The molecule has 0 unspecified atom stereocenters. The lowest BCUT2D eigenvalue weighted by Crippen LogP contribution is -2.24. The molecule has 0 nitrogen and oxygen atoms in total. The molecule has 0 spiro atoms. The van der Waals surface area contributed by atoms with Crippen molar-refractivity contribution in [3.8, 4) is 0 Å². The van der Waals surface area contributed by atoms with Gasteiger partial charge in [0, 0.05) is 5.56 Å². The normalized spacial score (nSPS) is 12.8. The maximum absolute atomic E-state index is 13.5. The van der Waals surface area contributed by atoms with E-state index >= 15 is 0 Å². The van der Waals surface area contributed by atoms with E-state index in [9.17, 15) is 22.0 Å². The Morgan fingerprint density at radius 1 is 0.591 bits per heavy atom. The van der Waals surface area contributed by atoms with Gasteiger partial charge in [0.2, 0.25) is 5.82 Å². The Labute approximate surface area is 149 Å². The van der Waals surface area contributed by atoms with Crippen LogP contribution in [0, 0.1) is 29.1 Å². The van der Waals surface area contributed by atoms with Gasteiger partial charge < -0.3 is 0 Å². The maximum Gasteiger partial charge on any atom is 0.341 e. The Morgan fingerprint density at radius 2 is 1.00 bits per heavy atom. The molecule has 0 aliphatic rings.